The molecular formula is C10H17N3O3. The molecule has 6 nitrogen and oxygen atoms in total. The van der Waals surface area contributed by atoms with Crippen molar-refractivity contribution in [1.29, 1.82) is 0 Å². The molecule has 3 N–H and O–H groups in total. The molecule has 1 saturated heterocycles. The van der Waals surface area contributed by atoms with Crippen molar-refractivity contribution in [3.8, 4) is 0 Å². The van der Waals surface area contributed by atoms with Gasteiger partial charge in [0.2, 0.25) is 5.91 Å². The zero-order chi connectivity index (χ0) is 11.6. The normalized spacial score (nSPS) is 25.0. The first-order valence-corrected chi connectivity index (χ1v) is 5.56. The lowest BCUT2D eigenvalue weighted by molar-refractivity contribution is -0.134. The van der Waals surface area contributed by atoms with Crippen LogP contribution < -0.4 is 5.73 Å². The number of carbonyl (C=O) groups excluding carboxylic acids is 1. The van der Waals surface area contributed by atoms with Gasteiger partial charge in [0.05, 0.1) is 6.61 Å². The first-order chi connectivity index (χ1) is 7.70. The van der Waals surface area contributed by atoms with Crippen molar-refractivity contribution in [3.05, 3.63) is 0 Å². The number of nitrogens with two attached hydrogens (primary N) is 1. The van der Waals surface area contributed by atoms with Crippen molar-refractivity contribution in [2.45, 2.75) is 19.3 Å². The molecule has 1 amide bonds. The molecule has 2 rings (SSSR count). The van der Waals surface area contributed by atoms with Crippen molar-refractivity contribution < 1.29 is 14.7 Å². The molecule has 90 valence electrons. The lowest BCUT2D eigenvalue weighted by atomic mass is 10.0. The largest absolute Gasteiger partial charge is 0.409 e. The molecule has 16 heavy (non-hydrogen) atoms. The highest BCUT2D eigenvalue weighted by atomic mass is 16.5. The predicted octanol–water partition coefficient (Wildman–Crippen LogP) is -0.238. The zero-order valence-electron chi connectivity index (χ0n) is 9.19. The molecule has 0 bridgehead atoms. The molecule has 1 heterocycles. The Morgan fingerprint density at radius 1 is 1.38 bits per heavy atom. The highest BCUT2D eigenvalue weighted by Gasteiger charge is 2.55. The van der Waals surface area contributed by atoms with Gasteiger partial charge in [-0.1, -0.05) is 5.16 Å². The van der Waals surface area contributed by atoms with Gasteiger partial charge in [0.25, 0.3) is 0 Å². The molecule has 0 atom stereocenters. The number of nitrogens with zero attached hydrogens (tertiary/aromatic N) is 2. The standard InChI is InChI=1S/C10H17N3O3/c11-8(12-15)10(2-3-10)9(14)13-4-1-6-16-7-5-13/h15H,1-7H2,(H2,11,12). The van der Waals surface area contributed by atoms with E-state index in [1.807, 2.05) is 0 Å². The van der Waals surface area contributed by atoms with E-state index in [-0.39, 0.29) is 11.7 Å². The molecule has 0 aromatic carbocycles. The highest BCUT2D eigenvalue weighted by Crippen LogP contribution is 2.47. The number of oxime groups is 1. The summed E-state index contributed by atoms with van der Waals surface area (Å²) in [5, 5.41) is 11.7. The van der Waals surface area contributed by atoms with Crippen LogP contribution in [0.5, 0.6) is 0 Å². The fourth-order valence-electron chi connectivity index (χ4n) is 2.05. The summed E-state index contributed by atoms with van der Waals surface area (Å²) in [4.78, 5) is 14.0. The summed E-state index contributed by atoms with van der Waals surface area (Å²) in [6.45, 7) is 2.55. The Balaban J connectivity index is 2.06. The van der Waals surface area contributed by atoms with Crippen LogP contribution in [0.25, 0.3) is 0 Å². The molecule has 0 aromatic rings. The maximum absolute atomic E-state index is 12.2. The van der Waals surface area contributed by atoms with E-state index in [9.17, 15) is 4.79 Å². The summed E-state index contributed by atoms with van der Waals surface area (Å²) in [5.74, 6) is 0.0240. The number of ether oxygens (including phenoxy) is 1. The molecule has 1 aliphatic carbocycles. The molecule has 2 aliphatic rings. The second-order valence-electron chi connectivity index (χ2n) is 4.33. The minimum Gasteiger partial charge on any atom is -0.409 e. The number of hydrogen-bond acceptors (Lipinski definition) is 4. The van der Waals surface area contributed by atoms with Crippen LogP contribution in [0.1, 0.15) is 19.3 Å². The Bertz CT molecular complexity index is 304. The van der Waals surface area contributed by atoms with Crippen molar-refractivity contribution in [1.82, 2.24) is 4.90 Å². The van der Waals surface area contributed by atoms with Crippen molar-refractivity contribution >= 4 is 11.7 Å². The first kappa shape index (κ1) is 11.2. The van der Waals surface area contributed by atoms with Gasteiger partial charge in [-0.05, 0) is 19.3 Å². The predicted molar refractivity (Wildman–Crippen MR) is 57.1 cm³/mol. The number of hydrogen-bond donors (Lipinski definition) is 2. The molecule has 6 heteroatoms. The minimum atomic E-state index is -0.723. The van der Waals surface area contributed by atoms with Crippen LogP contribution in [0, 0.1) is 5.41 Å². The second-order valence-corrected chi connectivity index (χ2v) is 4.33. The Morgan fingerprint density at radius 3 is 2.75 bits per heavy atom. The van der Waals surface area contributed by atoms with Gasteiger partial charge in [0.1, 0.15) is 5.41 Å². The molecule has 0 spiro atoms. The van der Waals surface area contributed by atoms with Gasteiger partial charge in [0.15, 0.2) is 5.84 Å². The summed E-state index contributed by atoms with van der Waals surface area (Å²) >= 11 is 0. The van der Waals surface area contributed by atoms with E-state index in [0.29, 0.717) is 39.1 Å². The SMILES string of the molecule is NC(=NO)C1(C(=O)N2CCCOCC2)CC1. The zero-order valence-corrected chi connectivity index (χ0v) is 9.19. The third-order valence-electron chi connectivity index (χ3n) is 3.27. The van der Waals surface area contributed by atoms with Gasteiger partial charge in [-0.2, -0.15) is 0 Å². The maximum atomic E-state index is 12.2. The van der Waals surface area contributed by atoms with Crippen LogP contribution in [0.3, 0.4) is 0 Å². The van der Waals surface area contributed by atoms with Crippen LogP contribution >= 0.6 is 0 Å². The van der Waals surface area contributed by atoms with Gasteiger partial charge >= 0.3 is 0 Å². The van der Waals surface area contributed by atoms with Gasteiger partial charge in [-0.25, -0.2) is 0 Å². The third-order valence-corrected chi connectivity index (χ3v) is 3.27. The van der Waals surface area contributed by atoms with Gasteiger partial charge in [0, 0.05) is 19.7 Å². The van der Waals surface area contributed by atoms with E-state index < -0.39 is 5.41 Å². The average molecular weight is 227 g/mol. The quantitative estimate of drug-likeness (QED) is 0.295. The monoisotopic (exact) mass is 227 g/mol. The van der Waals surface area contributed by atoms with Crippen LogP contribution in [0.2, 0.25) is 0 Å². The average Bonchev–Trinajstić information content (AvgIpc) is 3.11. The molecule has 1 aliphatic heterocycles. The number of rotatable bonds is 2. The minimum absolute atomic E-state index is 0.0201. The highest BCUT2D eigenvalue weighted by molar-refractivity contribution is 6.09. The topological polar surface area (TPSA) is 88.2 Å². The number of carbonyl (C=O) groups is 1. The Morgan fingerprint density at radius 2 is 2.12 bits per heavy atom. The first-order valence-electron chi connectivity index (χ1n) is 5.56. The Hall–Kier alpha value is -1.30. The van der Waals surface area contributed by atoms with E-state index in [1.165, 1.54) is 0 Å². The lowest BCUT2D eigenvalue weighted by Crippen LogP contribution is -2.44. The Kier molecular flexibility index (Phi) is 3.00. The van der Waals surface area contributed by atoms with Gasteiger partial charge < -0.3 is 20.6 Å². The fraction of sp³-hybridized carbons (Fsp3) is 0.800. The van der Waals surface area contributed by atoms with E-state index in [2.05, 4.69) is 5.16 Å². The molecule has 1 saturated carbocycles. The molecule has 0 radical (unpaired) electrons. The maximum Gasteiger partial charge on any atom is 0.236 e. The molecule has 2 fully saturated rings. The Labute approximate surface area is 94.0 Å². The van der Waals surface area contributed by atoms with E-state index >= 15 is 0 Å². The summed E-state index contributed by atoms with van der Waals surface area (Å²) in [6, 6.07) is 0. The summed E-state index contributed by atoms with van der Waals surface area (Å²) in [5.41, 5.74) is 4.86. The second kappa shape index (κ2) is 4.29. The van der Waals surface area contributed by atoms with E-state index in [1.54, 1.807) is 4.90 Å². The van der Waals surface area contributed by atoms with Crippen LogP contribution in [-0.2, 0) is 9.53 Å². The van der Waals surface area contributed by atoms with Gasteiger partial charge in [-0.15, -0.1) is 0 Å². The molecular weight excluding hydrogens is 210 g/mol. The summed E-state index contributed by atoms with van der Waals surface area (Å²) in [7, 11) is 0. The van der Waals surface area contributed by atoms with E-state index in [4.69, 9.17) is 15.7 Å². The summed E-state index contributed by atoms with van der Waals surface area (Å²) < 4.78 is 5.29. The lowest BCUT2D eigenvalue weighted by Gasteiger charge is -2.24. The molecule has 0 unspecified atom stereocenters. The van der Waals surface area contributed by atoms with Crippen LogP contribution in [-0.4, -0.2) is 48.2 Å². The third kappa shape index (κ3) is 1.84. The van der Waals surface area contributed by atoms with Crippen molar-refractivity contribution in [3.63, 3.8) is 0 Å². The van der Waals surface area contributed by atoms with Crippen molar-refractivity contribution in [2.75, 3.05) is 26.3 Å². The van der Waals surface area contributed by atoms with Gasteiger partial charge in [-0.3, -0.25) is 4.79 Å². The number of amidine groups is 1. The number of amides is 1. The van der Waals surface area contributed by atoms with Crippen LogP contribution in [0.15, 0.2) is 5.16 Å². The molecule has 0 aromatic heterocycles. The summed E-state index contributed by atoms with van der Waals surface area (Å²) in [6.07, 6.45) is 2.20. The fourth-order valence-corrected chi connectivity index (χ4v) is 2.05. The van der Waals surface area contributed by atoms with Crippen molar-refractivity contribution in [2.24, 2.45) is 16.3 Å². The van der Waals surface area contributed by atoms with Crippen LogP contribution in [0.4, 0.5) is 0 Å². The smallest absolute Gasteiger partial charge is 0.236 e. The van der Waals surface area contributed by atoms with E-state index in [0.717, 1.165) is 6.42 Å².